The van der Waals surface area contributed by atoms with Gasteiger partial charge in [-0.1, -0.05) is 0 Å². The first kappa shape index (κ1) is 9.47. The molecule has 5 nitrogen and oxygen atoms in total. The van der Waals surface area contributed by atoms with Crippen LogP contribution in [-0.4, -0.2) is 15.1 Å². The molecule has 0 radical (unpaired) electrons. The second kappa shape index (κ2) is 3.40. The first-order chi connectivity index (χ1) is 6.02. The van der Waals surface area contributed by atoms with Gasteiger partial charge in [0, 0.05) is 0 Å². The van der Waals surface area contributed by atoms with Gasteiger partial charge in [0.2, 0.25) is 0 Å². The number of benzene rings is 1. The van der Waals surface area contributed by atoms with E-state index in [0.717, 1.165) is 6.07 Å². The standard InChI is InChI=1S/C8H9NO4/c1-5(10)7-3-2-6(11)4-8(7)9(12)13/h2-5,10-11H,1H3. The Balaban J connectivity index is 3.27. The highest BCUT2D eigenvalue weighted by Crippen LogP contribution is 2.28. The first-order valence-electron chi connectivity index (χ1n) is 3.67. The fraction of sp³-hybridized carbons (Fsp3) is 0.250. The van der Waals surface area contributed by atoms with Crippen molar-refractivity contribution in [3.05, 3.63) is 33.9 Å². The van der Waals surface area contributed by atoms with E-state index in [4.69, 9.17) is 10.2 Å². The minimum atomic E-state index is -0.916. The molecule has 2 N–H and O–H groups in total. The van der Waals surface area contributed by atoms with Crippen molar-refractivity contribution in [1.29, 1.82) is 0 Å². The summed E-state index contributed by atoms with van der Waals surface area (Å²) >= 11 is 0. The zero-order valence-electron chi connectivity index (χ0n) is 6.97. The van der Waals surface area contributed by atoms with Gasteiger partial charge in [0.1, 0.15) is 5.75 Å². The van der Waals surface area contributed by atoms with Gasteiger partial charge in [-0.05, 0) is 19.1 Å². The molecule has 0 aliphatic rings. The molecule has 0 bridgehead atoms. The maximum atomic E-state index is 10.5. The number of aromatic hydroxyl groups is 1. The molecule has 5 heteroatoms. The van der Waals surface area contributed by atoms with Crippen LogP contribution in [0.5, 0.6) is 5.75 Å². The Hall–Kier alpha value is -1.62. The van der Waals surface area contributed by atoms with E-state index >= 15 is 0 Å². The Labute approximate surface area is 74.4 Å². The van der Waals surface area contributed by atoms with E-state index in [0.29, 0.717) is 0 Å². The van der Waals surface area contributed by atoms with Crippen molar-refractivity contribution in [3.8, 4) is 5.75 Å². The number of aliphatic hydroxyl groups is 1. The molecule has 1 atom stereocenters. The lowest BCUT2D eigenvalue weighted by Crippen LogP contribution is -1.98. The number of phenols is 1. The second-order valence-electron chi connectivity index (χ2n) is 2.68. The van der Waals surface area contributed by atoms with E-state index in [2.05, 4.69) is 0 Å². The third-order valence-corrected chi connectivity index (χ3v) is 1.66. The lowest BCUT2D eigenvalue weighted by atomic mass is 10.1. The Kier molecular flexibility index (Phi) is 2.48. The van der Waals surface area contributed by atoms with Crippen molar-refractivity contribution in [1.82, 2.24) is 0 Å². The SMILES string of the molecule is CC(O)c1ccc(O)cc1[N+](=O)[O-]. The zero-order valence-corrected chi connectivity index (χ0v) is 6.97. The molecular formula is C8H9NO4. The minimum Gasteiger partial charge on any atom is -0.508 e. The fourth-order valence-corrected chi connectivity index (χ4v) is 1.04. The average molecular weight is 183 g/mol. The average Bonchev–Trinajstić information content (AvgIpc) is 2.03. The Morgan fingerprint density at radius 3 is 2.62 bits per heavy atom. The van der Waals surface area contributed by atoms with Gasteiger partial charge in [0.25, 0.3) is 5.69 Å². The summed E-state index contributed by atoms with van der Waals surface area (Å²) in [5.41, 5.74) is -0.0715. The van der Waals surface area contributed by atoms with E-state index in [1.54, 1.807) is 0 Å². The van der Waals surface area contributed by atoms with Crippen molar-refractivity contribution in [3.63, 3.8) is 0 Å². The molecule has 1 aromatic rings. The van der Waals surface area contributed by atoms with Crippen molar-refractivity contribution < 1.29 is 15.1 Å². The van der Waals surface area contributed by atoms with Gasteiger partial charge >= 0.3 is 0 Å². The summed E-state index contributed by atoms with van der Waals surface area (Å²) in [6.07, 6.45) is -0.916. The normalized spacial score (nSPS) is 12.5. The summed E-state index contributed by atoms with van der Waals surface area (Å²) in [7, 11) is 0. The van der Waals surface area contributed by atoms with E-state index in [-0.39, 0.29) is 17.0 Å². The first-order valence-corrected chi connectivity index (χ1v) is 3.67. The molecule has 70 valence electrons. The fourth-order valence-electron chi connectivity index (χ4n) is 1.04. The molecule has 0 aliphatic carbocycles. The van der Waals surface area contributed by atoms with Gasteiger partial charge in [0.05, 0.1) is 22.7 Å². The molecule has 0 aliphatic heterocycles. The largest absolute Gasteiger partial charge is 0.508 e. The van der Waals surface area contributed by atoms with Crippen LogP contribution in [0, 0.1) is 10.1 Å². The summed E-state index contributed by atoms with van der Waals surface area (Å²) in [5.74, 6) is -0.184. The van der Waals surface area contributed by atoms with Crippen LogP contribution in [0.2, 0.25) is 0 Å². The molecule has 1 rings (SSSR count). The number of nitrogens with zero attached hydrogens (tertiary/aromatic N) is 1. The van der Waals surface area contributed by atoms with Crippen LogP contribution in [0.25, 0.3) is 0 Å². The monoisotopic (exact) mass is 183 g/mol. The number of rotatable bonds is 2. The van der Waals surface area contributed by atoms with Crippen LogP contribution < -0.4 is 0 Å². The molecule has 0 heterocycles. The van der Waals surface area contributed by atoms with Crippen LogP contribution in [-0.2, 0) is 0 Å². The van der Waals surface area contributed by atoms with Crippen molar-refractivity contribution in [2.75, 3.05) is 0 Å². The maximum absolute atomic E-state index is 10.5. The molecule has 1 unspecified atom stereocenters. The van der Waals surface area contributed by atoms with Crippen LogP contribution in [0.3, 0.4) is 0 Å². The zero-order chi connectivity index (χ0) is 10.0. The lowest BCUT2D eigenvalue weighted by molar-refractivity contribution is -0.386. The van der Waals surface area contributed by atoms with Gasteiger partial charge in [-0.25, -0.2) is 0 Å². The second-order valence-corrected chi connectivity index (χ2v) is 2.68. The molecule has 13 heavy (non-hydrogen) atoms. The Morgan fingerprint density at radius 2 is 2.15 bits per heavy atom. The summed E-state index contributed by atoms with van der Waals surface area (Å²) in [6.45, 7) is 1.43. The van der Waals surface area contributed by atoms with Crippen LogP contribution >= 0.6 is 0 Å². The number of hydrogen-bond acceptors (Lipinski definition) is 4. The summed E-state index contributed by atoms with van der Waals surface area (Å²) in [4.78, 5) is 9.82. The molecule has 0 amide bonds. The molecule has 0 fully saturated rings. The van der Waals surface area contributed by atoms with Gasteiger partial charge in [-0.3, -0.25) is 10.1 Å². The smallest absolute Gasteiger partial charge is 0.278 e. The summed E-state index contributed by atoms with van der Waals surface area (Å²) in [5, 5.41) is 28.6. The predicted octanol–water partition coefficient (Wildman–Crippen LogP) is 1.35. The topological polar surface area (TPSA) is 83.6 Å². The van der Waals surface area contributed by atoms with Gasteiger partial charge in [-0.2, -0.15) is 0 Å². The van der Waals surface area contributed by atoms with Crippen molar-refractivity contribution in [2.24, 2.45) is 0 Å². The highest BCUT2D eigenvalue weighted by Gasteiger charge is 2.17. The molecular weight excluding hydrogens is 174 g/mol. The van der Waals surface area contributed by atoms with E-state index in [1.165, 1.54) is 19.1 Å². The number of nitro groups is 1. The third kappa shape index (κ3) is 1.94. The minimum absolute atomic E-state index is 0.184. The highest BCUT2D eigenvalue weighted by atomic mass is 16.6. The van der Waals surface area contributed by atoms with E-state index < -0.39 is 11.0 Å². The third-order valence-electron chi connectivity index (χ3n) is 1.66. The molecule has 1 aromatic carbocycles. The van der Waals surface area contributed by atoms with Crippen molar-refractivity contribution >= 4 is 5.69 Å². The number of hydrogen-bond donors (Lipinski definition) is 2. The van der Waals surface area contributed by atoms with Gasteiger partial charge in [-0.15, -0.1) is 0 Å². The summed E-state index contributed by atoms with van der Waals surface area (Å²) < 4.78 is 0. The van der Waals surface area contributed by atoms with Gasteiger partial charge in [0.15, 0.2) is 0 Å². The quantitative estimate of drug-likeness (QED) is 0.535. The molecule has 0 aromatic heterocycles. The van der Waals surface area contributed by atoms with Crippen LogP contribution in [0.1, 0.15) is 18.6 Å². The Morgan fingerprint density at radius 1 is 1.54 bits per heavy atom. The number of aliphatic hydroxyl groups excluding tert-OH is 1. The molecule has 0 saturated carbocycles. The predicted molar refractivity (Wildman–Crippen MR) is 45.4 cm³/mol. The molecule has 0 saturated heterocycles. The van der Waals surface area contributed by atoms with Crippen LogP contribution in [0.15, 0.2) is 18.2 Å². The number of phenolic OH excluding ortho intramolecular Hbond substituents is 1. The maximum Gasteiger partial charge on any atom is 0.278 e. The molecule has 0 spiro atoms. The number of nitro benzene ring substituents is 1. The van der Waals surface area contributed by atoms with Gasteiger partial charge < -0.3 is 10.2 Å². The van der Waals surface area contributed by atoms with E-state index in [1.807, 2.05) is 0 Å². The summed E-state index contributed by atoms with van der Waals surface area (Å²) in [6, 6.07) is 3.65. The van der Waals surface area contributed by atoms with Crippen molar-refractivity contribution in [2.45, 2.75) is 13.0 Å². The highest BCUT2D eigenvalue weighted by molar-refractivity contribution is 5.46. The van der Waals surface area contributed by atoms with E-state index in [9.17, 15) is 10.1 Å². The lowest BCUT2D eigenvalue weighted by Gasteiger charge is -2.05. The Bertz CT molecular complexity index is 335. The van der Waals surface area contributed by atoms with Crippen LogP contribution in [0.4, 0.5) is 5.69 Å².